The number of carbonyl (C=O) groups is 1. The number of fused-ring (bicyclic) bond motifs is 1. The number of anilines is 1. The van der Waals surface area contributed by atoms with Gasteiger partial charge in [0.05, 0.1) is 5.69 Å². The van der Waals surface area contributed by atoms with Crippen LogP contribution in [0.15, 0.2) is 69.2 Å². The number of aryl methyl sites for hydroxylation is 3. The number of benzene rings is 1. The predicted octanol–water partition coefficient (Wildman–Crippen LogP) is 5.20. The van der Waals surface area contributed by atoms with Gasteiger partial charge in [-0.3, -0.25) is 4.31 Å². The average Bonchev–Trinajstić information content (AvgIpc) is 3.42. The molecule has 1 heterocycles. The predicted molar refractivity (Wildman–Crippen MR) is 132 cm³/mol. The highest BCUT2D eigenvalue weighted by Gasteiger charge is 2.30. The standard InChI is InChI=1S/C26H31NO6S/c1-6-27(34(30,31)25-13-11-19(5)33-25)23-14-20-8-7-9-21(20)15-24(23)32-16-22(17(2)3)12-10-18(4)26(28)29/h10-15H,2,6-9,16H2,1,3-5H3,(H,28,29)/b18-10+,22-12-. The highest BCUT2D eigenvalue weighted by Crippen LogP contribution is 2.38. The molecule has 3 rings (SSSR count). The Balaban J connectivity index is 2.01. The van der Waals surface area contributed by atoms with E-state index in [-0.39, 0.29) is 23.8 Å². The molecule has 0 spiro atoms. The molecule has 1 aliphatic rings. The number of aliphatic carboxylic acids is 1. The second kappa shape index (κ2) is 10.3. The van der Waals surface area contributed by atoms with Crippen LogP contribution >= 0.6 is 0 Å². The van der Waals surface area contributed by atoms with E-state index in [1.807, 2.05) is 19.1 Å². The highest BCUT2D eigenvalue weighted by molar-refractivity contribution is 7.92. The molecule has 0 atom stereocenters. The minimum atomic E-state index is -3.93. The first-order chi connectivity index (χ1) is 16.0. The van der Waals surface area contributed by atoms with Crippen molar-refractivity contribution in [2.24, 2.45) is 0 Å². The fourth-order valence-electron chi connectivity index (χ4n) is 3.79. The van der Waals surface area contributed by atoms with Gasteiger partial charge in [-0.2, -0.15) is 8.42 Å². The van der Waals surface area contributed by atoms with Gasteiger partial charge in [-0.25, -0.2) is 4.79 Å². The summed E-state index contributed by atoms with van der Waals surface area (Å²) in [7, 11) is -3.93. The molecule has 0 unspecified atom stereocenters. The number of rotatable bonds is 10. The van der Waals surface area contributed by atoms with Crippen LogP contribution in [0.4, 0.5) is 5.69 Å². The molecule has 0 saturated carbocycles. The van der Waals surface area contributed by atoms with E-state index in [2.05, 4.69) is 6.58 Å². The van der Waals surface area contributed by atoms with Crippen LogP contribution in [-0.2, 0) is 27.7 Å². The van der Waals surface area contributed by atoms with Gasteiger partial charge in [-0.1, -0.05) is 24.3 Å². The van der Waals surface area contributed by atoms with Crippen LogP contribution in [0.1, 0.15) is 44.1 Å². The Labute approximate surface area is 201 Å². The molecule has 1 aliphatic carbocycles. The Bertz CT molecular complexity index is 1270. The van der Waals surface area contributed by atoms with Gasteiger partial charge in [-0.15, -0.1) is 0 Å². The SMILES string of the molecule is C=C(C)/C(=C\C=C(/C)C(=O)O)COc1cc2c(cc1N(CC)S(=O)(=O)c1ccc(C)o1)CCC2. The molecule has 34 heavy (non-hydrogen) atoms. The topological polar surface area (TPSA) is 97.0 Å². The van der Waals surface area contributed by atoms with Crippen molar-refractivity contribution >= 4 is 21.7 Å². The Kier molecular flexibility index (Phi) is 7.71. The van der Waals surface area contributed by atoms with Gasteiger partial charge in [0.1, 0.15) is 18.1 Å². The molecule has 0 bridgehead atoms. The van der Waals surface area contributed by atoms with E-state index in [0.29, 0.717) is 22.8 Å². The molecule has 1 aromatic heterocycles. The Morgan fingerprint density at radius 1 is 1.21 bits per heavy atom. The summed E-state index contributed by atoms with van der Waals surface area (Å²) in [6.45, 7) is 11.1. The molecule has 2 aromatic rings. The Morgan fingerprint density at radius 3 is 2.44 bits per heavy atom. The number of hydrogen-bond acceptors (Lipinski definition) is 5. The molecule has 182 valence electrons. The zero-order valence-electron chi connectivity index (χ0n) is 20.1. The number of hydrogen-bond donors (Lipinski definition) is 1. The average molecular weight is 486 g/mol. The number of nitrogens with zero attached hydrogens (tertiary/aromatic N) is 1. The smallest absolute Gasteiger partial charge is 0.331 e. The van der Waals surface area contributed by atoms with Gasteiger partial charge in [0.15, 0.2) is 0 Å². The normalized spacial score (nSPS) is 14.1. The van der Waals surface area contributed by atoms with E-state index in [0.717, 1.165) is 36.0 Å². The number of sulfonamides is 1. The lowest BCUT2D eigenvalue weighted by atomic mass is 10.1. The van der Waals surface area contributed by atoms with Crippen LogP contribution in [0.5, 0.6) is 5.75 Å². The maximum atomic E-state index is 13.4. The zero-order chi connectivity index (χ0) is 25.0. The second-order valence-electron chi connectivity index (χ2n) is 8.39. The summed E-state index contributed by atoms with van der Waals surface area (Å²) in [6, 6.07) is 6.89. The van der Waals surface area contributed by atoms with E-state index in [1.54, 1.807) is 26.0 Å². The minimum absolute atomic E-state index is 0.113. The molecule has 8 heteroatoms. The van der Waals surface area contributed by atoms with Crippen LogP contribution in [0, 0.1) is 6.92 Å². The van der Waals surface area contributed by atoms with Crippen molar-refractivity contribution < 1.29 is 27.5 Å². The number of carboxylic acids is 1. The summed E-state index contributed by atoms with van der Waals surface area (Å²) in [4.78, 5) is 11.1. The van der Waals surface area contributed by atoms with Crippen molar-refractivity contribution in [1.82, 2.24) is 0 Å². The van der Waals surface area contributed by atoms with Gasteiger partial charge in [0, 0.05) is 12.1 Å². The van der Waals surface area contributed by atoms with Crippen LogP contribution in [0.3, 0.4) is 0 Å². The molecule has 1 N–H and O–H groups in total. The van der Waals surface area contributed by atoms with Gasteiger partial charge in [0.25, 0.3) is 10.0 Å². The van der Waals surface area contributed by atoms with Crippen LogP contribution in [0.25, 0.3) is 0 Å². The molecule has 7 nitrogen and oxygen atoms in total. The molecule has 0 amide bonds. The fourth-order valence-corrected chi connectivity index (χ4v) is 5.23. The van der Waals surface area contributed by atoms with E-state index >= 15 is 0 Å². The fraction of sp³-hybridized carbons (Fsp3) is 0.346. The summed E-state index contributed by atoms with van der Waals surface area (Å²) in [5, 5.41) is 8.99. The summed E-state index contributed by atoms with van der Waals surface area (Å²) < 4.78 is 39.7. The lowest BCUT2D eigenvalue weighted by molar-refractivity contribution is -0.132. The lowest BCUT2D eigenvalue weighted by Gasteiger charge is -2.25. The summed E-state index contributed by atoms with van der Waals surface area (Å²) in [5.74, 6) is -0.0439. The molecular weight excluding hydrogens is 454 g/mol. The van der Waals surface area contributed by atoms with Crippen LogP contribution in [0.2, 0.25) is 0 Å². The van der Waals surface area contributed by atoms with E-state index in [4.69, 9.17) is 14.3 Å². The Morgan fingerprint density at radius 2 is 1.88 bits per heavy atom. The minimum Gasteiger partial charge on any atom is -0.487 e. The monoisotopic (exact) mass is 485 g/mol. The van der Waals surface area contributed by atoms with E-state index < -0.39 is 16.0 Å². The summed E-state index contributed by atoms with van der Waals surface area (Å²) in [5.41, 5.74) is 4.33. The zero-order valence-corrected chi connectivity index (χ0v) is 20.9. The third-order valence-corrected chi connectivity index (χ3v) is 7.56. The third kappa shape index (κ3) is 5.44. The van der Waals surface area contributed by atoms with Crippen molar-refractivity contribution in [3.63, 3.8) is 0 Å². The second-order valence-corrected chi connectivity index (χ2v) is 10.2. The number of allylic oxidation sites excluding steroid dienone is 2. The van der Waals surface area contributed by atoms with Crippen molar-refractivity contribution in [2.45, 2.75) is 52.0 Å². The summed E-state index contributed by atoms with van der Waals surface area (Å²) in [6.07, 6.45) is 5.97. The van der Waals surface area contributed by atoms with Crippen molar-refractivity contribution in [3.8, 4) is 5.75 Å². The van der Waals surface area contributed by atoms with Gasteiger partial charge < -0.3 is 14.3 Å². The quantitative estimate of drug-likeness (QED) is 0.367. The molecule has 0 aliphatic heterocycles. The number of ether oxygens (including phenoxy) is 1. The number of furan rings is 1. The first-order valence-electron chi connectivity index (χ1n) is 11.2. The highest BCUT2D eigenvalue weighted by atomic mass is 32.2. The Hall–Kier alpha value is -3.26. The largest absolute Gasteiger partial charge is 0.487 e. The first kappa shape index (κ1) is 25.4. The van der Waals surface area contributed by atoms with Gasteiger partial charge in [-0.05, 0) is 87.9 Å². The molecule has 0 saturated heterocycles. The third-order valence-electron chi connectivity index (χ3n) is 5.79. The lowest BCUT2D eigenvalue weighted by Crippen LogP contribution is -2.31. The summed E-state index contributed by atoms with van der Waals surface area (Å²) >= 11 is 0. The van der Waals surface area contributed by atoms with E-state index in [9.17, 15) is 13.2 Å². The molecule has 0 radical (unpaired) electrons. The van der Waals surface area contributed by atoms with E-state index in [1.165, 1.54) is 23.4 Å². The van der Waals surface area contributed by atoms with Crippen molar-refractivity contribution in [3.05, 3.63) is 76.6 Å². The first-order valence-corrected chi connectivity index (χ1v) is 12.6. The molecule has 1 aromatic carbocycles. The van der Waals surface area contributed by atoms with Gasteiger partial charge >= 0.3 is 5.97 Å². The van der Waals surface area contributed by atoms with Crippen LogP contribution < -0.4 is 9.04 Å². The maximum Gasteiger partial charge on any atom is 0.331 e. The van der Waals surface area contributed by atoms with Crippen molar-refractivity contribution in [2.75, 3.05) is 17.5 Å². The molecule has 0 fully saturated rings. The molecular formula is C26H31NO6S. The van der Waals surface area contributed by atoms with Crippen LogP contribution in [-0.4, -0.2) is 32.6 Å². The van der Waals surface area contributed by atoms with Crippen molar-refractivity contribution in [1.29, 1.82) is 0 Å². The maximum absolute atomic E-state index is 13.4. The van der Waals surface area contributed by atoms with Gasteiger partial charge in [0.2, 0.25) is 5.09 Å². The number of carboxylic acid groups (broad SMARTS) is 1.